The number of nitrogens with one attached hydrogen (secondary N) is 1. The van der Waals surface area contributed by atoms with E-state index in [-0.39, 0.29) is 11.4 Å². The highest BCUT2D eigenvalue weighted by Crippen LogP contribution is 2.26. The van der Waals surface area contributed by atoms with Gasteiger partial charge in [-0.15, -0.1) is 0 Å². The van der Waals surface area contributed by atoms with Crippen molar-refractivity contribution in [3.63, 3.8) is 0 Å². The highest BCUT2D eigenvalue weighted by molar-refractivity contribution is 5.87. The van der Waals surface area contributed by atoms with Crippen LogP contribution in [0.1, 0.15) is 19.4 Å². The molecule has 1 N–H and O–H groups in total. The van der Waals surface area contributed by atoms with E-state index in [1.165, 1.54) is 31.3 Å². The van der Waals surface area contributed by atoms with Crippen LogP contribution in [0.4, 0.5) is 5.69 Å². The minimum atomic E-state index is -0.938. The minimum absolute atomic E-state index is 0.0317. The van der Waals surface area contributed by atoms with E-state index in [9.17, 15) is 14.9 Å². The van der Waals surface area contributed by atoms with Gasteiger partial charge in [0, 0.05) is 6.07 Å². The summed E-state index contributed by atoms with van der Waals surface area (Å²) < 4.78 is 5.38. The van der Waals surface area contributed by atoms with Gasteiger partial charge in [0.25, 0.3) is 5.91 Å². The summed E-state index contributed by atoms with van der Waals surface area (Å²) in [6.07, 6.45) is 2.50. The number of nitro groups is 1. The molecule has 0 radical (unpaired) electrons. The lowest BCUT2D eigenvalue weighted by Gasteiger charge is -2.12. The fourth-order valence-corrected chi connectivity index (χ4v) is 2.09. The van der Waals surface area contributed by atoms with Crippen LogP contribution in [-0.4, -0.2) is 23.1 Å². The van der Waals surface area contributed by atoms with E-state index in [4.69, 9.17) is 4.74 Å². The number of ether oxygens (including phenoxy) is 1. The van der Waals surface area contributed by atoms with Crippen molar-refractivity contribution in [1.29, 1.82) is 0 Å². The zero-order chi connectivity index (χ0) is 18.9. The minimum Gasteiger partial charge on any atom is -0.474 e. The highest BCUT2D eigenvalue weighted by atomic mass is 16.6. The van der Waals surface area contributed by atoms with Crippen molar-refractivity contribution in [3.8, 4) is 5.75 Å². The van der Waals surface area contributed by atoms with Crippen molar-refractivity contribution >= 4 is 23.9 Å². The molecule has 2 aromatic carbocycles. The quantitative estimate of drug-likeness (QED) is 0.468. The second-order valence-corrected chi connectivity index (χ2v) is 5.52. The van der Waals surface area contributed by atoms with E-state index in [1.807, 2.05) is 43.3 Å². The molecular weight excluding hydrogens is 334 g/mol. The summed E-state index contributed by atoms with van der Waals surface area (Å²) in [7, 11) is 0. The van der Waals surface area contributed by atoms with E-state index >= 15 is 0 Å². The lowest BCUT2D eigenvalue weighted by molar-refractivity contribution is -0.386. The molecule has 0 saturated carbocycles. The molecule has 0 heterocycles. The van der Waals surface area contributed by atoms with Gasteiger partial charge in [-0.2, -0.15) is 5.10 Å². The van der Waals surface area contributed by atoms with E-state index in [0.717, 1.165) is 11.1 Å². The first-order valence-corrected chi connectivity index (χ1v) is 7.93. The Hall–Kier alpha value is -3.48. The Morgan fingerprint density at radius 3 is 2.54 bits per heavy atom. The number of carbonyl (C=O) groups is 1. The van der Waals surface area contributed by atoms with Crippen molar-refractivity contribution in [2.75, 3.05) is 0 Å². The summed E-state index contributed by atoms with van der Waals surface area (Å²) in [6, 6.07) is 15.6. The van der Waals surface area contributed by atoms with E-state index in [2.05, 4.69) is 10.5 Å². The van der Waals surface area contributed by atoms with Gasteiger partial charge in [-0.3, -0.25) is 14.9 Å². The topological polar surface area (TPSA) is 93.8 Å². The first-order valence-electron chi connectivity index (χ1n) is 7.93. The average Bonchev–Trinajstić information content (AvgIpc) is 2.62. The van der Waals surface area contributed by atoms with Gasteiger partial charge in [0.1, 0.15) is 0 Å². The van der Waals surface area contributed by atoms with Crippen LogP contribution >= 0.6 is 0 Å². The smallest absolute Gasteiger partial charge is 0.310 e. The number of hydrogen-bond acceptors (Lipinski definition) is 5. The van der Waals surface area contributed by atoms with E-state index < -0.39 is 16.9 Å². The number of nitrogens with zero attached hydrogens (tertiary/aromatic N) is 2. The third kappa shape index (κ3) is 5.55. The fourth-order valence-electron chi connectivity index (χ4n) is 2.09. The second-order valence-electron chi connectivity index (χ2n) is 5.52. The van der Waals surface area contributed by atoms with Crippen LogP contribution in [0.3, 0.4) is 0 Å². The lowest BCUT2D eigenvalue weighted by atomic mass is 10.1. The molecule has 2 aromatic rings. The summed E-state index contributed by atoms with van der Waals surface area (Å²) in [5, 5.41) is 14.8. The van der Waals surface area contributed by atoms with Crippen LogP contribution in [0.15, 0.2) is 65.3 Å². The number of nitro benzene ring substituents is 1. The van der Waals surface area contributed by atoms with Crippen molar-refractivity contribution in [2.45, 2.75) is 20.0 Å². The largest absolute Gasteiger partial charge is 0.474 e. The molecule has 134 valence electrons. The maximum absolute atomic E-state index is 12.0. The van der Waals surface area contributed by atoms with Crippen molar-refractivity contribution in [3.05, 3.63) is 75.8 Å². The van der Waals surface area contributed by atoms with Gasteiger partial charge in [-0.1, -0.05) is 48.5 Å². The molecular formula is C19H19N3O4. The van der Waals surface area contributed by atoms with Gasteiger partial charge in [0.15, 0.2) is 11.9 Å². The van der Waals surface area contributed by atoms with Crippen molar-refractivity contribution in [1.82, 2.24) is 5.43 Å². The number of rotatable bonds is 7. The van der Waals surface area contributed by atoms with Crippen LogP contribution in [-0.2, 0) is 4.79 Å². The SMILES string of the molecule is CC(=C/c1ccccc1)/C=N/NC(=O)C(C)Oc1ccccc1[N+](=O)[O-]. The van der Waals surface area contributed by atoms with Gasteiger partial charge in [0.2, 0.25) is 0 Å². The summed E-state index contributed by atoms with van der Waals surface area (Å²) in [5.74, 6) is -0.476. The van der Waals surface area contributed by atoms with Crippen LogP contribution < -0.4 is 10.2 Å². The maximum Gasteiger partial charge on any atom is 0.310 e. The summed E-state index contributed by atoms with van der Waals surface area (Å²) >= 11 is 0. The number of allylic oxidation sites excluding steroid dienone is 1. The third-order valence-electron chi connectivity index (χ3n) is 3.37. The van der Waals surface area contributed by atoms with E-state index in [1.54, 1.807) is 6.07 Å². The van der Waals surface area contributed by atoms with Crippen LogP contribution in [0.2, 0.25) is 0 Å². The molecule has 2 rings (SSSR count). The Labute approximate surface area is 151 Å². The van der Waals surface area contributed by atoms with Crippen LogP contribution in [0.25, 0.3) is 6.08 Å². The molecule has 1 atom stereocenters. The monoisotopic (exact) mass is 353 g/mol. The Bertz CT molecular complexity index is 832. The molecule has 1 amide bonds. The summed E-state index contributed by atoms with van der Waals surface area (Å²) in [4.78, 5) is 22.4. The molecule has 0 aromatic heterocycles. The Morgan fingerprint density at radius 1 is 1.19 bits per heavy atom. The van der Waals surface area contributed by atoms with Gasteiger partial charge < -0.3 is 4.74 Å². The van der Waals surface area contributed by atoms with Crippen LogP contribution in [0.5, 0.6) is 5.75 Å². The summed E-state index contributed by atoms with van der Waals surface area (Å²) in [6.45, 7) is 3.35. The standard InChI is InChI=1S/C19H19N3O4/c1-14(12-16-8-4-3-5-9-16)13-20-21-19(23)15(2)26-18-11-7-6-10-17(18)22(24)25/h3-13,15H,1-2H3,(H,21,23)/b14-12-,20-13+. The molecule has 0 bridgehead atoms. The average molecular weight is 353 g/mol. The second kappa shape index (κ2) is 9.12. The molecule has 0 aliphatic carbocycles. The zero-order valence-corrected chi connectivity index (χ0v) is 14.5. The van der Waals surface area contributed by atoms with Crippen LogP contribution in [0, 0.1) is 10.1 Å². The van der Waals surface area contributed by atoms with Crippen molar-refractivity contribution < 1.29 is 14.5 Å². The fraction of sp³-hybridized carbons (Fsp3) is 0.158. The molecule has 0 aliphatic heterocycles. The molecule has 1 unspecified atom stereocenters. The third-order valence-corrected chi connectivity index (χ3v) is 3.37. The van der Waals surface area contributed by atoms with Crippen molar-refractivity contribution in [2.24, 2.45) is 5.10 Å². The normalized spacial score (nSPS) is 12.6. The molecule has 7 nitrogen and oxygen atoms in total. The van der Waals surface area contributed by atoms with E-state index in [0.29, 0.717) is 0 Å². The molecule has 0 fully saturated rings. The maximum atomic E-state index is 12.0. The number of amides is 1. The predicted octanol–water partition coefficient (Wildman–Crippen LogP) is 3.57. The highest BCUT2D eigenvalue weighted by Gasteiger charge is 2.20. The molecule has 26 heavy (non-hydrogen) atoms. The number of benzene rings is 2. The first kappa shape index (κ1) is 18.9. The molecule has 0 saturated heterocycles. The molecule has 0 aliphatic rings. The van der Waals surface area contributed by atoms with Gasteiger partial charge in [0.05, 0.1) is 11.1 Å². The Morgan fingerprint density at radius 2 is 1.85 bits per heavy atom. The number of hydrogen-bond donors (Lipinski definition) is 1. The zero-order valence-electron chi connectivity index (χ0n) is 14.5. The number of carbonyl (C=O) groups excluding carboxylic acids is 1. The Balaban J connectivity index is 1.93. The lowest BCUT2D eigenvalue weighted by Crippen LogP contribution is -2.33. The molecule has 0 spiro atoms. The number of hydrazone groups is 1. The Kier molecular flexibility index (Phi) is 6.61. The first-order chi connectivity index (χ1) is 12.5. The summed E-state index contributed by atoms with van der Waals surface area (Å²) in [5.41, 5.74) is 4.04. The predicted molar refractivity (Wildman–Crippen MR) is 99.9 cm³/mol. The number of para-hydroxylation sites is 2. The van der Waals surface area contributed by atoms with Gasteiger partial charge in [-0.25, -0.2) is 5.43 Å². The molecule has 7 heteroatoms. The van der Waals surface area contributed by atoms with Gasteiger partial charge >= 0.3 is 5.69 Å². The van der Waals surface area contributed by atoms with Gasteiger partial charge in [-0.05, 0) is 31.1 Å².